The molecule has 1 saturated heterocycles. The highest BCUT2D eigenvalue weighted by atomic mass is 16.5. The van der Waals surface area contributed by atoms with Crippen LogP contribution < -0.4 is 10.2 Å². The SMILES string of the molecule is OC(COc1cccc2c1CCC/C2=N\Nc1nncc2ccccc12)CN1CCOCC1. The molecular formula is C25H29N5O3. The van der Waals surface area contributed by atoms with Crippen molar-refractivity contribution in [3.63, 3.8) is 0 Å². The smallest absolute Gasteiger partial charge is 0.176 e. The number of rotatable bonds is 7. The Hall–Kier alpha value is -3.07. The van der Waals surface area contributed by atoms with E-state index in [0.29, 0.717) is 12.4 Å². The number of fused-ring (bicyclic) bond motifs is 2. The highest BCUT2D eigenvalue weighted by Crippen LogP contribution is 2.30. The molecule has 2 aliphatic rings. The number of hydrogen-bond donors (Lipinski definition) is 2. The molecular weight excluding hydrogens is 418 g/mol. The molecule has 1 fully saturated rings. The fourth-order valence-electron chi connectivity index (χ4n) is 4.46. The van der Waals surface area contributed by atoms with Crippen LogP contribution in [-0.2, 0) is 11.2 Å². The number of hydrogen-bond acceptors (Lipinski definition) is 8. The van der Waals surface area contributed by atoms with Gasteiger partial charge in [-0.05, 0) is 25.3 Å². The molecule has 0 spiro atoms. The first-order valence-electron chi connectivity index (χ1n) is 11.5. The maximum atomic E-state index is 10.5. The van der Waals surface area contributed by atoms with Crippen molar-refractivity contribution >= 4 is 22.3 Å². The van der Waals surface area contributed by atoms with Crippen LogP contribution >= 0.6 is 0 Å². The van der Waals surface area contributed by atoms with Crippen LogP contribution in [0.3, 0.4) is 0 Å². The van der Waals surface area contributed by atoms with Gasteiger partial charge in [0.25, 0.3) is 0 Å². The van der Waals surface area contributed by atoms with E-state index in [-0.39, 0.29) is 6.61 Å². The van der Waals surface area contributed by atoms with Gasteiger partial charge in [-0.3, -0.25) is 10.3 Å². The van der Waals surface area contributed by atoms with E-state index in [1.54, 1.807) is 6.20 Å². The Labute approximate surface area is 193 Å². The molecule has 172 valence electrons. The van der Waals surface area contributed by atoms with E-state index < -0.39 is 6.10 Å². The van der Waals surface area contributed by atoms with E-state index >= 15 is 0 Å². The van der Waals surface area contributed by atoms with Gasteiger partial charge in [-0.1, -0.05) is 36.4 Å². The molecule has 2 aromatic carbocycles. The van der Waals surface area contributed by atoms with Gasteiger partial charge in [0.1, 0.15) is 18.5 Å². The van der Waals surface area contributed by atoms with E-state index in [0.717, 1.165) is 78.9 Å². The molecule has 2 heterocycles. The van der Waals surface area contributed by atoms with E-state index in [4.69, 9.17) is 14.6 Å². The minimum atomic E-state index is -0.540. The first kappa shape index (κ1) is 21.8. The highest BCUT2D eigenvalue weighted by Gasteiger charge is 2.21. The molecule has 0 saturated carbocycles. The van der Waals surface area contributed by atoms with Crippen molar-refractivity contribution in [2.24, 2.45) is 5.10 Å². The molecule has 1 aliphatic carbocycles. The maximum absolute atomic E-state index is 10.5. The summed E-state index contributed by atoms with van der Waals surface area (Å²) < 4.78 is 11.4. The van der Waals surface area contributed by atoms with Gasteiger partial charge in [0.2, 0.25) is 0 Å². The van der Waals surface area contributed by atoms with Gasteiger partial charge in [0.05, 0.1) is 25.1 Å². The number of aromatic nitrogens is 2. The molecule has 3 aromatic rings. The molecule has 5 rings (SSSR count). The lowest BCUT2D eigenvalue weighted by atomic mass is 9.89. The monoisotopic (exact) mass is 447 g/mol. The van der Waals surface area contributed by atoms with Crippen LogP contribution in [0.4, 0.5) is 5.82 Å². The Balaban J connectivity index is 1.29. The van der Waals surface area contributed by atoms with Gasteiger partial charge in [-0.15, -0.1) is 5.10 Å². The third-order valence-electron chi connectivity index (χ3n) is 6.16. The van der Waals surface area contributed by atoms with E-state index in [1.165, 1.54) is 0 Å². The first-order chi connectivity index (χ1) is 16.3. The summed E-state index contributed by atoms with van der Waals surface area (Å²) >= 11 is 0. The van der Waals surface area contributed by atoms with E-state index in [1.807, 2.05) is 36.4 Å². The fraction of sp³-hybridized carbons (Fsp3) is 0.400. The van der Waals surface area contributed by atoms with Crippen molar-refractivity contribution in [1.82, 2.24) is 15.1 Å². The van der Waals surface area contributed by atoms with Gasteiger partial charge in [-0.2, -0.15) is 10.2 Å². The molecule has 0 bridgehead atoms. The molecule has 0 amide bonds. The lowest BCUT2D eigenvalue weighted by Gasteiger charge is -2.28. The van der Waals surface area contributed by atoms with Crippen LogP contribution in [0.2, 0.25) is 0 Å². The standard InChI is InChI=1S/C25H29N5O3/c31-19(16-30-11-13-32-14-12-30)17-33-24-10-4-7-21-22(24)8-3-9-23(21)27-29-25-20-6-2-1-5-18(20)15-26-28-25/h1-2,4-7,10,15,19,31H,3,8-9,11-14,16-17H2,(H,28,29)/b27-23+. The van der Waals surface area contributed by atoms with Crippen molar-refractivity contribution in [2.75, 3.05) is 44.9 Å². The predicted octanol–water partition coefficient (Wildman–Crippen LogP) is 2.85. The quantitative estimate of drug-likeness (QED) is 0.538. The summed E-state index contributed by atoms with van der Waals surface area (Å²) in [6, 6.07) is 14.0. The number of nitrogens with one attached hydrogen (secondary N) is 1. The van der Waals surface area contributed by atoms with Crippen LogP contribution in [0, 0.1) is 0 Å². The maximum Gasteiger partial charge on any atom is 0.176 e. The number of benzene rings is 2. The van der Waals surface area contributed by atoms with Crippen molar-refractivity contribution in [3.05, 3.63) is 59.8 Å². The third-order valence-corrected chi connectivity index (χ3v) is 6.16. The topological polar surface area (TPSA) is 92.1 Å². The van der Waals surface area contributed by atoms with Gasteiger partial charge in [-0.25, -0.2) is 0 Å². The number of β-amino-alcohol motifs (C(OH)–C–C–N with tert-alkyl or cyclic N) is 1. The molecule has 8 nitrogen and oxygen atoms in total. The second kappa shape index (κ2) is 10.2. The summed E-state index contributed by atoms with van der Waals surface area (Å²) in [6.45, 7) is 4.02. The van der Waals surface area contributed by atoms with Crippen molar-refractivity contribution in [3.8, 4) is 5.75 Å². The zero-order valence-corrected chi connectivity index (χ0v) is 18.6. The second-order valence-corrected chi connectivity index (χ2v) is 8.46. The number of ether oxygens (including phenoxy) is 2. The Morgan fingerprint density at radius 3 is 2.91 bits per heavy atom. The van der Waals surface area contributed by atoms with Gasteiger partial charge in [0, 0.05) is 41.5 Å². The van der Waals surface area contributed by atoms with Gasteiger partial charge < -0.3 is 14.6 Å². The Bertz CT molecular complexity index is 1120. The zero-order valence-electron chi connectivity index (χ0n) is 18.6. The number of morpholine rings is 1. The van der Waals surface area contributed by atoms with Crippen LogP contribution in [-0.4, -0.2) is 71.5 Å². The van der Waals surface area contributed by atoms with E-state index in [9.17, 15) is 5.11 Å². The van der Waals surface area contributed by atoms with Gasteiger partial charge in [0.15, 0.2) is 5.82 Å². The average Bonchev–Trinajstić information content (AvgIpc) is 2.86. The molecule has 2 N–H and O–H groups in total. The van der Waals surface area contributed by atoms with Gasteiger partial charge >= 0.3 is 0 Å². The summed E-state index contributed by atoms with van der Waals surface area (Å²) in [6.07, 6.45) is 4.01. The van der Waals surface area contributed by atoms with Crippen molar-refractivity contribution in [2.45, 2.75) is 25.4 Å². The number of aliphatic hydroxyl groups is 1. The lowest BCUT2D eigenvalue weighted by Crippen LogP contribution is -2.42. The normalized spacial score (nSPS) is 18.8. The van der Waals surface area contributed by atoms with Crippen LogP contribution in [0.1, 0.15) is 24.0 Å². The molecule has 8 heteroatoms. The summed E-state index contributed by atoms with van der Waals surface area (Å²) in [7, 11) is 0. The minimum Gasteiger partial charge on any atom is -0.491 e. The Morgan fingerprint density at radius 1 is 1.12 bits per heavy atom. The minimum absolute atomic E-state index is 0.268. The molecule has 1 aliphatic heterocycles. The number of anilines is 1. The third kappa shape index (κ3) is 5.13. The van der Waals surface area contributed by atoms with Crippen molar-refractivity contribution in [1.29, 1.82) is 0 Å². The molecule has 1 atom stereocenters. The second-order valence-electron chi connectivity index (χ2n) is 8.46. The Morgan fingerprint density at radius 2 is 2.00 bits per heavy atom. The average molecular weight is 448 g/mol. The lowest BCUT2D eigenvalue weighted by molar-refractivity contribution is 0.00457. The predicted molar refractivity (Wildman–Crippen MR) is 128 cm³/mol. The largest absolute Gasteiger partial charge is 0.491 e. The molecule has 1 aromatic heterocycles. The summed E-state index contributed by atoms with van der Waals surface area (Å²) in [5.41, 5.74) is 6.34. The highest BCUT2D eigenvalue weighted by molar-refractivity contribution is 6.04. The van der Waals surface area contributed by atoms with Crippen LogP contribution in [0.5, 0.6) is 5.75 Å². The van der Waals surface area contributed by atoms with Crippen molar-refractivity contribution < 1.29 is 14.6 Å². The van der Waals surface area contributed by atoms with E-state index in [2.05, 4.69) is 26.6 Å². The first-order valence-corrected chi connectivity index (χ1v) is 11.5. The summed E-state index contributed by atoms with van der Waals surface area (Å²) in [5.74, 6) is 1.47. The molecule has 0 radical (unpaired) electrons. The molecule has 33 heavy (non-hydrogen) atoms. The fourth-order valence-corrected chi connectivity index (χ4v) is 4.46. The summed E-state index contributed by atoms with van der Waals surface area (Å²) in [4.78, 5) is 2.21. The number of aliphatic hydroxyl groups excluding tert-OH is 1. The number of nitrogens with zero attached hydrogens (tertiary/aromatic N) is 4. The number of hydrazone groups is 1. The van der Waals surface area contributed by atoms with Crippen LogP contribution in [0.15, 0.2) is 53.8 Å². The zero-order chi connectivity index (χ0) is 22.5. The summed E-state index contributed by atoms with van der Waals surface area (Å²) in [5, 5.41) is 25.5. The Kier molecular flexibility index (Phi) is 6.76. The molecule has 1 unspecified atom stereocenters. The van der Waals surface area contributed by atoms with Crippen LogP contribution in [0.25, 0.3) is 10.8 Å².